The third kappa shape index (κ3) is 6.81. The SMILES string of the molecule is O=c1ccn([C@@H]2O[C@H](COP(=O)(O)OP(=O)(O)Cc3cccc4ccccc34)[C@@H]3OC(Cc4ccccc4)O[C@@H]32)c(=O)[nH]1. The summed E-state index contributed by atoms with van der Waals surface area (Å²) < 4.78 is 54.9. The van der Waals surface area contributed by atoms with Crippen molar-refractivity contribution in [2.45, 2.75) is 43.4 Å². The topological polar surface area (TPSA) is 176 Å². The van der Waals surface area contributed by atoms with Crippen LogP contribution in [0.25, 0.3) is 10.8 Å². The molecule has 2 fully saturated rings. The molecule has 3 heterocycles. The van der Waals surface area contributed by atoms with Crippen molar-refractivity contribution in [1.82, 2.24) is 9.55 Å². The molecule has 15 heteroatoms. The van der Waals surface area contributed by atoms with Gasteiger partial charge in [-0.3, -0.25) is 23.4 Å². The average molecular weight is 630 g/mol. The highest BCUT2D eigenvalue weighted by molar-refractivity contribution is 7.63. The van der Waals surface area contributed by atoms with E-state index >= 15 is 0 Å². The number of nitrogens with one attached hydrogen (secondary N) is 1. The standard InChI is InChI=1S/C28H28N2O11P2/c31-23-13-14-30(28(32)29-23)27-26-25(39-24(40-26)15-18-7-2-1-3-8-18)22(38-27)16-37-43(35,36)41-42(33,34)17-20-11-6-10-19-9-4-5-12-21(19)20/h1-14,22,24-27H,15-17H2,(H,33,34)(H,35,36)(H,29,31,32)/t22-,24?,25+,26+,27-/m1/s1. The molecule has 2 aliphatic heterocycles. The molecule has 3 N–H and O–H groups in total. The van der Waals surface area contributed by atoms with Crippen LogP contribution >= 0.6 is 15.4 Å². The molecule has 0 radical (unpaired) electrons. The quantitative estimate of drug-likeness (QED) is 0.219. The molecule has 1 aromatic heterocycles. The first kappa shape index (κ1) is 29.8. The van der Waals surface area contributed by atoms with E-state index in [1.165, 1.54) is 6.20 Å². The Hall–Kier alpha value is -3.22. The van der Waals surface area contributed by atoms with E-state index in [2.05, 4.69) is 4.98 Å². The Morgan fingerprint density at radius 2 is 1.58 bits per heavy atom. The third-order valence-corrected chi connectivity index (χ3v) is 10.2. The fourth-order valence-corrected chi connectivity index (χ4v) is 8.07. The van der Waals surface area contributed by atoms with Gasteiger partial charge in [-0.2, -0.15) is 0 Å². The molecule has 226 valence electrons. The zero-order chi connectivity index (χ0) is 30.2. The molecule has 2 aliphatic rings. The minimum absolute atomic E-state index is 0.373. The second-order valence-corrected chi connectivity index (χ2v) is 13.6. The fourth-order valence-electron chi connectivity index (χ4n) is 5.32. The number of hydrogen-bond acceptors (Lipinski definition) is 9. The Bertz CT molecular complexity index is 1820. The molecule has 0 aliphatic carbocycles. The van der Waals surface area contributed by atoms with Crippen LogP contribution in [0.4, 0.5) is 0 Å². The molecule has 43 heavy (non-hydrogen) atoms. The molecule has 7 atom stereocenters. The molecule has 0 spiro atoms. The highest BCUT2D eigenvalue weighted by atomic mass is 31.3. The molecule has 2 saturated heterocycles. The first-order chi connectivity index (χ1) is 20.6. The van der Waals surface area contributed by atoms with Gasteiger partial charge in [0.2, 0.25) is 0 Å². The lowest BCUT2D eigenvalue weighted by atomic mass is 10.1. The van der Waals surface area contributed by atoms with E-state index in [1.54, 1.807) is 24.3 Å². The van der Waals surface area contributed by atoms with Gasteiger partial charge in [0.25, 0.3) is 5.56 Å². The first-order valence-corrected chi connectivity index (χ1v) is 16.6. The minimum atomic E-state index is -5.08. The van der Waals surface area contributed by atoms with Gasteiger partial charge < -0.3 is 24.0 Å². The van der Waals surface area contributed by atoms with Crippen molar-refractivity contribution >= 4 is 26.2 Å². The number of nitrogens with zero attached hydrogens (tertiary/aromatic N) is 1. The number of fused-ring (bicyclic) bond motifs is 2. The monoisotopic (exact) mass is 630 g/mol. The van der Waals surface area contributed by atoms with E-state index in [-0.39, 0.29) is 0 Å². The van der Waals surface area contributed by atoms with Crippen LogP contribution in [0.1, 0.15) is 17.4 Å². The summed E-state index contributed by atoms with van der Waals surface area (Å²) in [5.41, 5.74) is 0.0356. The molecule has 3 aromatic carbocycles. The summed E-state index contributed by atoms with van der Waals surface area (Å²) in [6.45, 7) is -0.598. The number of ether oxygens (including phenoxy) is 3. The van der Waals surface area contributed by atoms with Gasteiger partial charge in [-0.1, -0.05) is 72.8 Å². The zero-order valence-electron chi connectivity index (χ0n) is 22.5. The summed E-state index contributed by atoms with van der Waals surface area (Å²) >= 11 is 0. The van der Waals surface area contributed by atoms with Gasteiger partial charge in [0.15, 0.2) is 12.5 Å². The van der Waals surface area contributed by atoms with Crippen molar-refractivity contribution in [3.05, 3.63) is 117 Å². The lowest BCUT2D eigenvalue weighted by molar-refractivity contribution is -0.150. The van der Waals surface area contributed by atoms with Crippen molar-refractivity contribution in [3.8, 4) is 0 Å². The minimum Gasteiger partial charge on any atom is -0.346 e. The molecule has 6 rings (SSSR count). The van der Waals surface area contributed by atoms with Gasteiger partial charge in [-0.25, -0.2) is 13.7 Å². The van der Waals surface area contributed by atoms with E-state index in [0.717, 1.165) is 21.6 Å². The second kappa shape index (κ2) is 12.0. The maximum Gasteiger partial charge on any atom is 0.479 e. The van der Waals surface area contributed by atoms with Crippen LogP contribution in [0.15, 0.2) is 94.6 Å². The van der Waals surface area contributed by atoms with Crippen molar-refractivity contribution in [1.29, 1.82) is 0 Å². The second-order valence-electron chi connectivity index (χ2n) is 10.2. The summed E-state index contributed by atoms with van der Waals surface area (Å²) in [6.07, 6.45) is -3.46. The van der Waals surface area contributed by atoms with Gasteiger partial charge in [0, 0.05) is 18.7 Å². The molecule has 0 saturated carbocycles. The van der Waals surface area contributed by atoms with Gasteiger partial charge in [0.05, 0.1) is 12.8 Å². The molecule has 3 unspecified atom stereocenters. The van der Waals surface area contributed by atoms with Crippen molar-refractivity contribution in [2.24, 2.45) is 0 Å². The van der Waals surface area contributed by atoms with Gasteiger partial charge >= 0.3 is 21.1 Å². The van der Waals surface area contributed by atoms with Crippen LogP contribution in [0.5, 0.6) is 0 Å². The average Bonchev–Trinajstić information content (AvgIpc) is 3.51. The highest BCUT2D eigenvalue weighted by Crippen LogP contribution is 2.62. The summed E-state index contributed by atoms with van der Waals surface area (Å²) in [7, 11) is -9.74. The van der Waals surface area contributed by atoms with Crippen LogP contribution in [-0.2, 0) is 44.8 Å². The lowest BCUT2D eigenvalue weighted by Crippen LogP contribution is -2.36. The highest BCUT2D eigenvalue weighted by Gasteiger charge is 2.54. The van der Waals surface area contributed by atoms with Crippen LogP contribution in [0.3, 0.4) is 0 Å². The lowest BCUT2D eigenvalue weighted by Gasteiger charge is -2.22. The largest absolute Gasteiger partial charge is 0.479 e. The zero-order valence-corrected chi connectivity index (χ0v) is 24.3. The molecule has 4 aromatic rings. The number of aromatic nitrogens is 2. The van der Waals surface area contributed by atoms with Crippen molar-refractivity contribution in [3.63, 3.8) is 0 Å². The number of benzene rings is 3. The van der Waals surface area contributed by atoms with Crippen LogP contribution in [-0.4, -0.2) is 50.5 Å². The molecule has 0 amide bonds. The van der Waals surface area contributed by atoms with E-state index in [4.69, 9.17) is 23.0 Å². The summed E-state index contributed by atoms with van der Waals surface area (Å²) in [6, 6.07) is 22.9. The van der Waals surface area contributed by atoms with Crippen LogP contribution in [0, 0.1) is 0 Å². The maximum absolute atomic E-state index is 12.9. The number of aromatic amines is 1. The van der Waals surface area contributed by atoms with E-state index in [0.29, 0.717) is 17.4 Å². The number of rotatable bonds is 10. The van der Waals surface area contributed by atoms with E-state index in [9.17, 15) is 28.5 Å². The number of hydrogen-bond donors (Lipinski definition) is 3. The van der Waals surface area contributed by atoms with Crippen molar-refractivity contribution in [2.75, 3.05) is 6.61 Å². The predicted molar refractivity (Wildman–Crippen MR) is 153 cm³/mol. The number of H-pyrrole nitrogens is 1. The van der Waals surface area contributed by atoms with Crippen LogP contribution in [0.2, 0.25) is 0 Å². The predicted octanol–water partition coefficient (Wildman–Crippen LogP) is 3.46. The summed E-state index contributed by atoms with van der Waals surface area (Å²) in [5.74, 6) is 0. The fraction of sp³-hybridized carbons (Fsp3) is 0.286. The molecule has 0 bridgehead atoms. The molecular formula is C28H28N2O11P2. The summed E-state index contributed by atoms with van der Waals surface area (Å²) in [5, 5.41) is 1.53. The third-order valence-electron chi connectivity index (χ3n) is 7.16. The van der Waals surface area contributed by atoms with Crippen molar-refractivity contribution < 1.29 is 42.0 Å². The number of phosphoric ester groups is 1. The van der Waals surface area contributed by atoms with Gasteiger partial charge in [0.1, 0.15) is 18.3 Å². The Morgan fingerprint density at radius 1 is 0.860 bits per heavy atom. The Morgan fingerprint density at radius 3 is 2.37 bits per heavy atom. The van der Waals surface area contributed by atoms with E-state index < -0.39 is 70.3 Å². The van der Waals surface area contributed by atoms with Crippen LogP contribution < -0.4 is 11.2 Å². The number of phosphoric acid groups is 1. The first-order valence-electron chi connectivity index (χ1n) is 13.4. The smallest absolute Gasteiger partial charge is 0.346 e. The molecule has 13 nitrogen and oxygen atoms in total. The Labute approximate surface area is 244 Å². The van der Waals surface area contributed by atoms with Gasteiger partial charge in [-0.15, -0.1) is 0 Å². The Kier molecular flexibility index (Phi) is 8.36. The normalized spacial score (nSPS) is 26.1. The van der Waals surface area contributed by atoms with E-state index in [1.807, 2.05) is 48.5 Å². The summed E-state index contributed by atoms with van der Waals surface area (Å²) in [4.78, 5) is 47.2. The Balaban J connectivity index is 1.16. The maximum atomic E-state index is 12.9. The molecular weight excluding hydrogens is 602 g/mol. The van der Waals surface area contributed by atoms with Gasteiger partial charge in [-0.05, 0) is 21.9 Å².